The third-order valence-corrected chi connectivity index (χ3v) is 19.6. The topological polar surface area (TPSA) is 298 Å². The van der Waals surface area contributed by atoms with Crippen LogP contribution in [0.3, 0.4) is 0 Å². The molecule has 0 aromatic rings. The number of aldehydes is 2. The summed E-state index contributed by atoms with van der Waals surface area (Å²) in [5.74, 6) is -1.35. The summed E-state index contributed by atoms with van der Waals surface area (Å²) >= 11 is 0. The number of hydrogen-bond acceptors (Lipinski definition) is 19. The quantitative estimate of drug-likeness (QED) is 0.0406. The van der Waals surface area contributed by atoms with Crippen LogP contribution in [0, 0.1) is 56.2 Å². The van der Waals surface area contributed by atoms with Crippen molar-refractivity contribution in [1.29, 1.82) is 0 Å². The Labute approximate surface area is 410 Å². The lowest BCUT2D eigenvalue weighted by molar-refractivity contribution is -0.391. The number of hydrogen-bond donors (Lipinski definition) is 9. The van der Waals surface area contributed by atoms with Crippen molar-refractivity contribution in [2.45, 2.75) is 211 Å². The Hall–Kier alpha value is -2.05. The highest BCUT2D eigenvalue weighted by molar-refractivity contribution is 5.75. The molecule has 0 spiro atoms. The molecule has 0 radical (unpaired) electrons. The van der Waals surface area contributed by atoms with Crippen LogP contribution in [-0.4, -0.2) is 183 Å². The summed E-state index contributed by atoms with van der Waals surface area (Å²) in [4.78, 5) is 40.9. The number of esters is 1. The van der Waals surface area contributed by atoms with Crippen molar-refractivity contribution in [2.75, 3.05) is 19.8 Å². The van der Waals surface area contributed by atoms with E-state index in [-0.39, 0.29) is 52.9 Å². The first-order valence-electron chi connectivity index (χ1n) is 25.6. The average Bonchev–Trinajstić information content (AvgIpc) is 3.31. The van der Waals surface area contributed by atoms with Gasteiger partial charge in [0.05, 0.1) is 42.9 Å². The first kappa shape index (κ1) is 54.2. The van der Waals surface area contributed by atoms with E-state index in [1.165, 1.54) is 0 Å². The summed E-state index contributed by atoms with van der Waals surface area (Å²) in [7, 11) is 0. The molecule has 19 heteroatoms. The van der Waals surface area contributed by atoms with Crippen LogP contribution in [0.1, 0.15) is 113 Å². The van der Waals surface area contributed by atoms with Crippen LogP contribution in [0.4, 0.5) is 0 Å². The second-order valence-corrected chi connectivity index (χ2v) is 24.0. The van der Waals surface area contributed by atoms with Crippen LogP contribution >= 0.6 is 0 Å². The average molecular weight is 997 g/mol. The number of unbranched alkanes of at least 4 members (excludes halogenated alkanes) is 1. The van der Waals surface area contributed by atoms with Crippen molar-refractivity contribution in [1.82, 2.24) is 0 Å². The molecule has 398 valence electrons. The van der Waals surface area contributed by atoms with Crippen molar-refractivity contribution in [3.63, 3.8) is 0 Å². The summed E-state index contributed by atoms with van der Waals surface area (Å²) in [6, 6.07) is 0. The Morgan fingerprint density at radius 2 is 1.41 bits per heavy atom. The van der Waals surface area contributed by atoms with E-state index in [0.29, 0.717) is 44.9 Å². The Balaban J connectivity index is 1.14. The molecule has 7 fully saturated rings. The van der Waals surface area contributed by atoms with E-state index in [0.717, 1.165) is 25.4 Å². The number of fused-ring (bicyclic) bond motifs is 7. The Morgan fingerprint density at radius 3 is 2.09 bits per heavy atom. The maximum atomic E-state index is 14.0. The molecule has 4 saturated carbocycles. The molecule has 5 aliphatic carbocycles. The van der Waals surface area contributed by atoms with Gasteiger partial charge in [-0.1, -0.05) is 67.0 Å². The highest BCUT2D eigenvalue weighted by Crippen LogP contribution is 2.75. The molecule has 19 nitrogen and oxygen atoms in total. The van der Waals surface area contributed by atoms with E-state index in [2.05, 4.69) is 46.8 Å². The predicted octanol–water partition coefficient (Wildman–Crippen LogP) is 0.816. The molecule has 0 bridgehead atoms. The smallest absolute Gasteiger partial charge is 0.338 e. The molecule has 70 heavy (non-hydrogen) atoms. The molecule has 9 N–H and O–H groups in total. The lowest BCUT2D eigenvalue weighted by atomic mass is 9.32. The minimum Gasteiger partial charge on any atom is -0.464 e. The maximum absolute atomic E-state index is 14.0. The second-order valence-electron chi connectivity index (χ2n) is 24.0. The van der Waals surface area contributed by atoms with Gasteiger partial charge in [-0.3, -0.25) is 0 Å². The highest BCUT2D eigenvalue weighted by Gasteiger charge is 2.72. The fourth-order valence-corrected chi connectivity index (χ4v) is 15.1. The van der Waals surface area contributed by atoms with Gasteiger partial charge < -0.3 is 88.7 Å². The molecule has 25 atom stereocenters. The SMILES string of the molecule is CCCCOC(=O)C1OC(O[C@H]2CC[C@]3(C)[C@H]4C=CC5[C@@H]6CC(C)(C)CC[C@]6(C=O)[C@H](O)C[C@@]5(C)[C@]4(C)CC[C@H]3[C@]2(C)C=O)C(OC2OC(CO)C(O)C(O)C2O)C(OC2OCC(O)C(O)C2O)C1O. The van der Waals surface area contributed by atoms with E-state index in [9.17, 15) is 60.3 Å². The van der Waals surface area contributed by atoms with E-state index in [1.54, 1.807) is 0 Å². The number of allylic oxidation sites excluding steroid dienone is 2. The van der Waals surface area contributed by atoms with Crippen molar-refractivity contribution in [3.8, 4) is 0 Å². The lowest BCUT2D eigenvalue weighted by Gasteiger charge is -2.72. The summed E-state index contributed by atoms with van der Waals surface area (Å²) in [6.45, 7) is 13.7. The van der Waals surface area contributed by atoms with Gasteiger partial charge in [-0.25, -0.2) is 4.79 Å². The molecular weight excluding hydrogens is 917 g/mol. The van der Waals surface area contributed by atoms with E-state index < -0.39 is 134 Å². The molecule has 3 saturated heterocycles. The molecular formula is C51H80O19. The largest absolute Gasteiger partial charge is 0.464 e. The first-order valence-corrected chi connectivity index (χ1v) is 25.6. The van der Waals surface area contributed by atoms with Gasteiger partial charge in [0.25, 0.3) is 0 Å². The van der Waals surface area contributed by atoms with E-state index in [1.807, 2.05) is 13.8 Å². The molecule has 0 amide bonds. The zero-order chi connectivity index (χ0) is 51.1. The van der Waals surface area contributed by atoms with Crippen molar-refractivity contribution in [3.05, 3.63) is 12.2 Å². The predicted molar refractivity (Wildman–Crippen MR) is 243 cm³/mol. The highest BCUT2D eigenvalue weighted by atomic mass is 16.8. The van der Waals surface area contributed by atoms with Gasteiger partial charge in [0.2, 0.25) is 0 Å². The number of aliphatic hydroxyl groups excluding tert-OH is 9. The minimum atomic E-state index is -2.00. The summed E-state index contributed by atoms with van der Waals surface area (Å²) < 4.78 is 42.5. The van der Waals surface area contributed by atoms with Crippen LogP contribution in [-0.2, 0) is 47.5 Å². The van der Waals surface area contributed by atoms with Gasteiger partial charge in [-0.05, 0) is 103 Å². The maximum Gasteiger partial charge on any atom is 0.338 e. The standard InChI is InChI=1S/C51H80O19/c1-8-9-18-64-42(63)40-38(62)39(68-43-36(60)33(57)27(55)22-65-43)41(70-44-37(61)35(59)34(58)28(21-52)66-44)45(69-40)67-32-13-14-47(4)29(48(32,5)23-53)12-15-49(6)30(47)11-10-25-26-19-46(2,3)16-17-51(26,24-54)31(56)20-50(25,49)7/h10-11,23-41,43-45,52,55-62H,8-9,12-22H2,1-7H3/t25?,26-,27?,28?,29+,30+,31+,32-,33?,34?,35?,36?,37?,38?,39?,40?,41?,43?,44?,45?,47-,48-,49+,50+,51+/m0/s1. The van der Waals surface area contributed by atoms with Crippen molar-refractivity contribution in [2.24, 2.45) is 56.2 Å². The van der Waals surface area contributed by atoms with Crippen LogP contribution < -0.4 is 0 Å². The number of rotatable bonds is 13. The van der Waals surface area contributed by atoms with Gasteiger partial charge in [0.1, 0.15) is 73.6 Å². The van der Waals surface area contributed by atoms with Crippen LogP contribution in [0.5, 0.6) is 0 Å². The summed E-state index contributed by atoms with van der Waals surface area (Å²) in [5.41, 5.74) is -3.27. The third kappa shape index (κ3) is 8.69. The summed E-state index contributed by atoms with van der Waals surface area (Å²) in [6.07, 6.45) is -14.2. The minimum absolute atomic E-state index is 0.00599. The number of aliphatic hydroxyl groups is 9. The Kier molecular flexibility index (Phi) is 15.4. The van der Waals surface area contributed by atoms with Gasteiger partial charge >= 0.3 is 5.97 Å². The molecule has 3 aliphatic heterocycles. The van der Waals surface area contributed by atoms with Gasteiger partial charge in [0, 0.05) is 0 Å². The first-order chi connectivity index (χ1) is 32.9. The van der Waals surface area contributed by atoms with Crippen LogP contribution in [0.15, 0.2) is 12.2 Å². The van der Waals surface area contributed by atoms with Gasteiger partial charge in [0.15, 0.2) is 25.0 Å². The monoisotopic (exact) mass is 997 g/mol. The lowest BCUT2D eigenvalue weighted by Crippen LogP contribution is -2.69. The van der Waals surface area contributed by atoms with E-state index >= 15 is 0 Å². The molecule has 0 aromatic heterocycles. The molecule has 8 aliphatic rings. The van der Waals surface area contributed by atoms with Gasteiger partial charge in [-0.15, -0.1) is 0 Å². The zero-order valence-corrected chi connectivity index (χ0v) is 41.7. The number of ether oxygens (including phenoxy) is 7. The van der Waals surface area contributed by atoms with Crippen molar-refractivity contribution < 1.29 is 93.5 Å². The van der Waals surface area contributed by atoms with Gasteiger partial charge in [-0.2, -0.15) is 0 Å². The Bertz CT molecular complexity index is 1920. The number of carbonyl (C=O) groups is 3. The second kappa shape index (κ2) is 19.9. The van der Waals surface area contributed by atoms with Crippen LogP contribution in [0.2, 0.25) is 0 Å². The van der Waals surface area contributed by atoms with Crippen LogP contribution in [0.25, 0.3) is 0 Å². The molecule has 3 heterocycles. The van der Waals surface area contributed by atoms with E-state index in [4.69, 9.17) is 33.2 Å². The molecule has 0 aromatic carbocycles. The number of carbonyl (C=O) groups excluding carboxylic acids is 3. The third-order valence-electron chi connectivity index (χ3n) is 19.6. The molecule has 8 rings (SSSR count). The summed E-state index contributed by atoms with van der Waals surface area (Å²) in [5, 5.41) is 98.6. The fourth-order valence-electron chi connectivity index (χ4n) is 15.1. The molecule has 15 unspecified atom stereocenters. The zero-order valence-electron chi connectivity index (χ0n) is 41.7. The fraction of sp³-hybridized carbons (Fsp3) is 0.902. The van der Waals surface area contributed by atoms with Crippen molar-refractivity contribution >= 4 is 18.5 Å². The Morgan fingerprint density at radius 1 is 0.714 bits per heavy atom. The normalized spacial score (nSPS) is 53.1.